The predicted octanol–water partition coefficient (Wildman–Crippen LogP) is 4.15. The molecular weight excluding hydrogens is 395 g/mol. The van der Waals surface area contributed by atoms with Crippen LogP contribution in [0.15, 0.2) is 29.0 Å². The van der Waals surface area contributed by atoms with E-state index in [1.807, 2.05) is 27.7 Å². The minimum atomic E-state index is -4.68. The van der Waals surface area contributed by atoms with Crippen LogP contribution in [0.3, 0.4) is 0 Å². The molecule has 1 amide bonds. The Bertz CT molecular complexity index is 983. The Balaban J connectivity index is 1.77. The molecule has 0 spiro atoms. The molecule has 11 heteroatoms. The fraction of sp³-hybridized carbons (Fsp3) is 0.412. The molecule has 3 rings (SSSR count). The molecule has 1 atom stereocenters. The number of carbonyl (C=O) groups is 1. The summed E-state index contributed by atoms with van der Waals surface area (Å²) in [5.41, 5.74) is 0.0550. The first kappa shape index (κ1) is 20.1. The summed E-state index contributed by atoms with van der Waals surface area (Å²) in [5, 5.41) is 10.5. The van der Waals surface area contributed by atoms with E-state index in [0.717, 1.165) is 4.88 Å². The highest BCUT2D eigenvalue weighted by Crippen LogP contribution is 2.34. The van der Waals surface area contributed by atoms with E-state index in [0.29, 0.717) is 10.4 Å². The molecule has 0 radical (unpaired) electrons. The molecule has 3 heterocycles. The van der Waals surface area contributed by atoms with Crippen molar-refractivity contribution in [2.45, 2.75) is 45.5 Å². The van der Waals surface area contributed by atoms with Crippen LogP contribution in [0.25, 0.3) is 10.7 Å². The van der Waals surface area contributed by atoms with E-state index in [9.17, 15) is 18.0 Å². The van der Waals surface area contributed by atoms with Gasteiger partial charge in [0.25, 0.3) is 5.91 Å². The molecule has 0 aromatic carbocycles. The number of amides is 1. The third-order valence-corrected chi connectivity index (χ3v) is 4.93. The van der Waals surface area contributed by atoms with Gasteiger partial charge in [0.15, 0.2) is 0 Å². The molecule has 150 valence electrons. The zero-order valence-electron chi connectivity index (χ0n) is 15.5. The number of hydrogen-bond acceptors (Lipinski definition) is 6. The van der Waals surface area contributed by atoms with Crippen molar-refractivity contribution in [2.24, 2.45) is 0 Å². The van der Waals surface area contributed by atoms with E-state index < -0.39 is 12.1 Å². The topological polar surface area (TPSA) is 85.8 Å². The highest BCUT2D eigenvalue weighted by atomic mass is 32.1. The van der Waals surface area contributed by atoms with Crippen LogP contribution >= 0.6 is 11.3 Å². The second-order valence-corrected chi connectivity index (χ2v) is 8.33. The number of alkyl halides is 3. The molecule has 3 aromatic heterocycles. The fourth-order valence-corrected chi connectivity index (χ4v) is 3.33. The van der Waals surface area contributed by atoms with Crippen LogP contribution < -0.4 is 5.32 Å². The quantitative estimate of drug-likeness (QED) is 0.694. The van der Waals surface area contributed by atoms with Gasteiger partial charge in [0.1, 0.15) is 0 Å². The van der Waals surface area contributed by atoms with Gasteiger partial charge in [0.05, 0.1) is 22.7 Å². The number of carbonyl (C=O) groups excluding carboxylic acids is 1. The highest BCUT2D eigenvalue weighted by molar-refractivity contribution is 7.15. The molecule has 0 aliphatic carbocycles. The van der Waals surface area contributed by atoms with E-state index in [1.54, 1.807) is 23.0 Å². The molecule has 0 bridgehead atoms. The number of hydrogen-bond donors (Lipinski definition) is 1. The second kappa shape index (κ2) is 7.04. The minimum absolute atomic E-state index is 0.124. The molecule has 7 nitrogen and oxygen atoms in total. The van der Waals surface area contributed by atoms with E-state index in [1.165, 1.54) is 17.5 Å². The lowest BCUT2D eigenvalue weighted by Gasteiger charge is -2.19. The molecule has 28 heavy (non-hydrogen) atoms. The van der Waals surface area contributed by atoms with Crippen LogP contribution in [0.4, 0.5) is 13.2 Å². The number of halogens is 3. The maximum Gasteiger partial charge on any atom is 0.471 e. The number of rotatable bonds is 4. The summed E-state index contributed by atoms with van der Waals surface area (Å²) in [6, 6.07) is 3.15. The van der Waals surface area contributed by atoms with Gasteiger partial charge >= 0.3 is 12.1 Å². The van der Waals surface area contributed by atoms with E-state index in [4.69, 9.17) is 0 Å². The number of aromatic nitrogens is 4. The van der Waals surface area contributed by atoms with Crippen LogP contribution in [0.5, 0.6) is 0 Å². The third kappa shape index (κ3) is 4.41. The molecule has 1 unspecified atom stereocenters. The number of thiophene rings is 1. The standard InChI is InChI=1S/C17H18F3N5O2S/c1-9(25-8-10(7-21-25)14(26)23-16(2,3)4)11-5-6-12(28-11)13-22-15(27-24-13)17(18,19)20/h5-9H,1-4H3,(H,23,26). The minimum Gasteiger partial charge on any atom is -0.347 e. The third-order valence-electron chi connectivity index (χ3n) is 3.68. The van der Waals surface area contributed by atoms with Crippen LogP contribution in [0.2, 0.25) is 0 Å². The summed E-state index contributed by atoms with van der Waals surface area (Å²) < 4.78 is 43.7. The van der Waals surface area contributed by atoms with E-state index in [2.05, 4.69) is 25.1 Å². The predicted molar refractivity (Wildman–Crippen MR) is 95.9 cm³/mol. The molecule has 1 N–H and O–H groups in total. The van der Waals surface area contributed by atoms with Crippen molar-refractivity contribution in [1.82, 2.24) is 25.2 Å². The molecule has 0 aliphatic heterocycles. The smallest absolute Gasteiger partial charge is 0.347 e. The summed E-state index contributed by atoms with van der Waals surface area (Å²) >= 11 is 1.23. The Kier molecular flexibility index (Phi) is 5.04. The van der Waals surface area contributed by atoms with Crippen molar-refractivity contribution in [3.8, 4) is 10.7 Å². The van der Waals surface area contributed by atoms with Crippen LogP contribution in [-0.4, -0.2) is 31.4 Å². The first-order valence-corrected chi connectivity index (χ1v) is 9.13. The first-order chi connectivity index (χ1) is 12.9. The van der Waals surface area contributed by atoms with E-state index in [-0.39, 0.29) is 23.3 Å². The lowest BCUT2D eigenvalue weighted by Crippen LogP contribution is -2.40. The lowest BCUT2D eigenvalue weighted by molar-refractivity contribution is -0.159. The van der Waals surface area contributed by atoms with Crippen molar-refractivity contribution in [2.75, 3.05) is 0 Å². The largest absolute Gasteiger partial charge is 0.471 e. The molecule has 3 aromatic rings. The van der Waals surface area contributed by atoms with Gasteiger partial charge in [-0.05, 0) is 39.8 Å². The number of nitrogens with zero attached hydrogens (tertiary/aromatic N) is 4. The Morgan fingerprint density at radius 1 is 1.29 bits per heavy atom. The summed E-state index contributed by atoms with van der Waals surface area (Å²) in [4.78, 5) is 16.9. The fourth-order valence-electron chi connectivity index (χ4n) is 2.35. The average molecular weight is 413 g/mol. The van der Waals surface area contributed by atoms with E-state index >= 15 is 0 Å². The maximum atomic E-state index is 12.6. The summed E-state index contributed by atoms with van der Waals surface area (Å²) in [6.07, 6.45) is -1.58. The summed E-state index contributed by atoms with van der Waals surface area (Å²) in [5.74, 6) is -1.74. The zero-order valence-corrected chi connectivity index (χ0v) is 16.4. The van der Waals surface area contributed by atoms with Gasteiger partial charge in [0, 0.05) is 16.6 Å². The van der Waals surface area contributed by atoms with Gasteiger partial charge < -0.3 is 9.84 Å². The van der Waals surface area contributed by atoms with Gasteiger partial charge in [-0.15, -0.1) is 11.3 Å². The van der Waals surface area contributed by atoms with Crippen molar-refractivity contribution in [3.05, 3.63) is 40.9 Å². The molecule has 0 saturated carbocycles. The lowest BCUT2D eigenvalue weighted by atomic mass is 10.1. The molecule has 0 fully saturated rings. The van der Waals surface area contributed by atoms with Gasteiger partial charge in [-0.2, -0.15) is 23.3 Å². The normalized spacial score (nSPS) is 13.5. The van der Waals surface area contributed by atoms with Crippen molar-refractivity contribution in [1.29, 1.82) is 0 Å². The average Bonchev–Trinajstić information content (AvgIpc) is 3.30. The maximum absolute atomic E-state index is 12.6. The van der Waals surface area contributed by atoms with Gasteiger partial charge in [-0.3, -0.25) is 9.48 Å². The first-order valence-electron chi connectivity index (χ1n) is 8.32. The van der Waals surface area contributed by atoms with Crippen molar-refractivity contribution < 1.29 is 22.5 Å². The SMILES string of the molecule is CC(c1ccc(-c2noc(C(F)(F)F)n2)s1)n1cc(C(=O)NC(C)(C)C)cn1. The van der Waals surface area contributed by atoms with Crippen LogP contribution in [-0.2, 0) is 6.18 Å². The molecule has 0 aliphatic rings. The van der Waals surface area contributed by atoms with Crippen molar-refractivity contribution in [3.63, 3.8) is 0 Å². The van der Waals surface area contributed by atoms with Gasteiger partial charge in [-0.25, -0.2) is 0 Å². The Hall–Kier alpha value is -2.69. The van der Waals surface area contributed by atoms with Crippen molar-refractivity contribution >= 4 is 17.2 Å². The summed E-state index contributed by atoms with van der Waals surface area (Å²) in [6.45, 7) is 7.51. The van der Waals surface area contributed by atoms with Gasteiger partial charge in [0.2, 0.25) is 5.82 Å². The summed E-state index contributed by atoms with van der Waals surface area (Å²) in [7, 11) is 0. The monoisotopic (exact) mass is 413 g/mol. The zero-order chi connectivity index (χ0) is 20.7. The molecular formula is C17H18F3N5O2S. The van der Waals surface area contributed by atoms with Crippen LogP contribution in [0, 0.1) is 0 Å². The Labute approximate surface area is 162 Å². The van der Waals surface area contributed by atoms with Gasteiger partial charge in [-0.1, -0.05) is 5.16 Å². The number of nitrogens with one attached hydrogen (secondary N) is 1. The highest BCUT2D eigenvalue weighted by Gasteiger charge is 2.38. The molecule has 0 saturated heterocycles. The second-order valence-electron chi connectivity index (χ2n) is 7.21. The Morgan fingerprint density at radius 2 is 2.00 bits per heavy atom. The van der Waals surface area contributed by atoms with Crippen LogP contribution in [0.1, 0.15) is 54.9 Å². The Morgan fingerprint density at radius 3 is 2.61 bits per heavy atom.